The lowest BCUT2D eigenvalue weighted by molar-refractivity contribution is -0.142. The number of unbranched alkanes of at least 4 members (excludes halogenated alkanes) is 9. The van der Waals surface area contributed by atoms with Crippen molar-refractivity contribution < 1.29 is 23.9 Å². The van der Waals surface area contributed by atoms with E-state index in [0.717, 1.165) is 25.7 Å². The van der Waals surface area contributed by atoms with E-state index in [4.69, 9.17) is 19.1 Å². The fraction of sp³-hybridized carbons (Fsp3) is 0.824. The summed E-state index contributed by atoms with van der Waals surface area (Å²) in [5.74, 6) is -0.345. The first-order valence-corrected chi connectivity index (χ1v) is 10.9. The van der Waals surface area contributed by atoms with Gasteiger partial charge < -0.3 is 19.1 Å². The zero-order chi connectivity index (χ0) is 17.6. The summed E-state index contributed by atoms with van der Waals surface area (Å²) in [6.07, 6.45) is 13.2. The van der Waals surface area contributed by atoms with E-state index in [2.05, 4.69) is 6.58 Å². The summed E-state index contributed by atoms with van der Waals surface area (Å²) in [5.41, 5.74) is 0. The van der Waals surface area contributed by atoms with Crippen molar-refractivity contribution in [2.24, 2.45) is 0 Å². The van der Waals surface area contributed by atoms with Gasteiger partial charge >= 0.3 is 14.8 Å². The number of esters is 1. The summed E-state index contributed by atoms with van der Waals surface area (Å²) >= 11 is 0. The van der Waals surface area contributed by atoms with Crippen molar-refractivity contribution in [2.75, 3.05) is 0 Å². The fourth-order valence-corrected chi connectivity index (χ4v) is 3.24. The van der Waals surface area contributed by atoms with Gasteiger partial charge in [0.25, 0.3) is 0 Å². The van der Waals surface area contributed by atoms with Crippen molar-refractivity contribution >= 4 is 14.8 Å². The smallest absolute Gasteiger partial charge is 0.460 e. The molecule has 0 aromatic heterocycles. The Balaban J connectivity index is 3.22. The lowest BCUT2D eigenvalue weighted by Crippen LogP contribution is -2.33. The van der Waals surface area contributed by atoms with Crippen LogP contribution in [0.25, 0.3) is 0 Å². The molecule has 1 unspecified atom stereocenters. The van der Waals surface area contributed by atoms with Gasteiger partial charge in [0.05, 0.1) is 6.10 Å². The molecule has 0 aromatic carbocycles. The van der Waals surface area contributed by atoms with Gasteiger partial charge in [-0.05, 0) is 26.2 Å². The Bertz CT molecular complexity index is 315. The molecule has 23 heavy (non-hydrogen) atoms. The van der Waals surface area contributed by atoms with Crippen LogP contribution in [0.2, 0.25) is 6.04 Å². The predicted octanol–water partition coefficient (Wildman–Crippen LogP) is 3.31. The molecule has 5 nitrogen and oxygen atoms in total. The predicted molar refractivity (Wildman–Crippen MR) is 93.8 cm³/mol. The van der Waals surface area contributed by atoms with Crippen molar-refractivity contribution in [3.63, 3.8) is 0 Å². The Labute approximate surface area is 141 Å². The van der Waals surface area contributed by atoms with Crippen LogP contribution in [-0.4, -0.2) is 35.3 Å². The molecule has 0 aliphatic rings. The number of hydrogen-bond acceptors (Lipinski definition) is 5. The zero-order valence-electron chi connectivity index (χ0n) is 14.5. The van der Waals surface area contributed by atoms with Gasteiger partial charge in [-0.3, -0.25) is 0 Å². The summed E-state index contributed by atoms with van der Waals surface area (Å²) in [6.45, 7) is 5.29. The maximum atomic E-state index is 11.0. The van der Waals surface area contributed by atoms with Gasteiger partial charge in [0.2, 0.25) is 0 Å². The average molecular weight is 347 g/mol. The maximum absolute atomic E-state index is 11.0. The first-order chi connectivity index (χ1) is 10.8. The van der Waals surface area contributed by atoms with Crippen LogP contribution in [0.1, 0.15) is 77.6 Å². The van der Waals surface area contributed by atoms with Gasteiger partial charge in [0, 0.05) is 12.1 Å². The first kappa shape index (κ1) is 22.3. The summed E-state index contributed by atoms with van der Waals surface area (Å²) in [6, 6.07) is 0.160. The molecule has 1 atom stereocenters. The van der Waals surface area contributed by atoms with E-state index in [1.165, 1.54) is 44.6 Å². The van der Waals surface area contributed by atoms with E-state index in [9.17, 15) is 4.79 Å². The molecule has 3 N–H and O–H groups in total. The van der Waals surface area contributed by atoms with Gasteiger partial charge in [0.1, 0.15) is 0 Å². The zero-order valence-corrected chi connectivity index (χ0v) is 15.5. The Morgan fingerprint density at radius 3 is 1.83 bits per heavy atom. The molecule has 0 fully saturated rings. The number of ether oxygens (including phenoxy) is 1. The van der Waals surface area contributed by atoms with E-state index in [0.29, 0.717) is 6.42 Å². The molecule has 0 spiro atoms. The molecule has 0 saturated heterocycles. The number of hydrogen-bond donors (Lipinski definition) is 3. The summed E-state index contributed by atoms with van der Waals surface area (Å²) in [5, 5.41) is 0. The van der Waals surface area contributed by atoms with Crippen LogP contribution in [0, 0.1) is 0 Å². The second-order valence-electron chi connectivity index (χ2n) is 6.30. The normalized spacial score (nSPS) is 12.9. The van der Waals surface area contributed by atoms with Crippen molar-refractivity contribution in [1.29, 1.82) is 0 Å². The lowest BCUT2D eigenvalue weighted by atomic mass is 10.0. The van der Waals surface area contributed by atoms with E-state index >= 15 is 0 Å². The second-order valence-corrected chi connectivity index (χ2v) is 8.35. The van der Waals surface area contributed by atoms with Crippen molar-refractivity contribution in [2.45, 2.75) is 89.7 Å². The molecule has 0 heterocycles. The Kier molecular flexibility index (Phi) is 13.3. The van der Waals surface area contributed by atoms with Crippen molar-refractivity contribution in [3.05, 3.63) is 12.7 Å². The highest BCUT2D eigenvalue weighted by Gasteiger charge is 2.25. The quantitative estimate of drug-likeness (QED) is 0.183. The second kappa shape index (κ2) is 13.7. The summed E-state index contributed by atoms with van der Waals surface area (Å²) < 4.78 is 5.11. The Morgan fingerprint density at radius 1 is 0.957 bits per heavy atom. The largest absolute Gasteiger partial charge is 0.492 e. The third-order valence-electron chi connectivity index (χ3n) is 3.86. The van der Waals surface area contributed by atoms with Crippen LogP contribution in [0.15, 0.2) is 12.7 Å². The van der Waals surface area contributed by atoms with Crippen molar-refractivity contribution in [1.82, 2.24) is 0 Å². The maximum Gasteiger partial charge on any atom is 0.492 e. The fourth-order valence-electron chi connectivity index (χ4n) is 2.51. The number of rotatable bonds is 15. The van der Waals surface area contributed by atoms with Gasteiger partial charge in [-0.1, -0.05) is 57.9 Å². The molecule has 0 bridgehead atoms. The highest BCUT2D eigenvalue weighted by Crippen LogP contribution is 2.14. The van der Waals surface area contributed by atoms with Crippen LogP contribution in [0.3, 0.4) is 0 Å². The van der Waals surface area contributed by atoms with Gasteiger partial charge in [-0.2, -0.15) is 0 Å². The third-order valence-corrected chi connectivity index (χ3v) is 4.88. The molecule has 0 saturated carbocycles. The topological polar surface area (TPSA) is 87.0 Å². The molecule has 0 aliphatic heterocycles. The van der Waals surface area contributed by atoms with Crippen LogP contribution in [0.5, 0.6) is 0 Å². The van der Waals surface area contributed by atoms with E-state index in [1.54, 1.807) is 0 Å². The SMILES string of the molecule is C=CC(=O)OC(C)CCCCCCCCCCCC[Si](O)(O)O. The molecule has 0 amide bonds. The molecular weight excluding hydrogens is 312 g/mol. The minimum atomic E-state index is -3.80. The highest BCUT2D eigenvalue weighted by molar-refractivity contribution is 6.56. The van der Waals surface area contributed by atoms with E-state index in [1.807, 2.05) is 6.92 Å². The number of carbonyl (C=O) groups excluding carboxylic acids is 1. The lowest BCUT2D eigenvalue weighted by Gasteiger charge is -2.11. The first-order valence-electron chi connectivity index (χ1n) is 8.85. The molecule has 136 valence electrons. The summed E-state index contributed by atoms with van der Waals surface area (Å²) in [4.78, 5) is 37.6. The minimum absolute atomic E-state index is 0.0286. The third kappa shape index (κ3) is 17.5. The molecule has 0 aromatic rings. The average Bonchev–Trinajstić information content (AvgIpc) is 2.47. The molecule has 0 rings (SSSR count). The minimum Gasteiger partial charge on any atom is -0.460 e. The molecule has 6 heteroatoms. The van der Waals surface area contributed by atoms with Gasteiger partial charge in [-0.25, -0.2) is 4.79 Å². The van der Waals surface area contributed by atoms with Crippen LogP contribution in [0.4, 0.5) is 0 Å². The monoisotopic (exact) mass is 346 g/mol. The molecular formula is C17H34O5Si. The Morgan fingerprint density at radius 2 is 1.39 bits per heavy atom. The highest BCUT2D eigenvalue weighted by atomic mass is 28.4. The van der Waals surface area contributed by atoms with Crippen LogP contribution < -0.4 is 0 Å². The molecule has 0 radical (unpaired) electrons. The van der Waals surface area contributed by atoms with Crippen LogP contribution >= 0.6 is 0 Å². The standard InChI is InChI=1S/C17H34O5Si/c1-3-17(18)22-16(2)14-12-10-8-6-4-5-7-9-11-13-15-23(19,20)21/h3,16,19-21H,1,4-15H2,2H3. The van der Waals surface area contributed by atoms with Gasteiger partial charge in [0.15, 0.2) is 0 Å². The Hall–Kier alpha value is -0.693. The van der Waals surface area contributed by atoms with Gasteiger partial charge in [-0.15, -0.1) is 0 Å². The number of carbonyl (C=O) groups is 1. The van der Waals surface area contributed by atoms with E-state index in [-0.39, 0.29) is 18.1 Å². The van der Waals surface area contributed by atoms with E-state index < -0.39 is 8.80 Å². The molecule has 0 aliphatic carbocycles. The van der Waals surface area contributed by atoms with Crippen LogP contribution in [-0.2, 0) is 9.53 Å². The van der Waals surface area contributed by atoms with Crippen molar-refractivity contribution in [3.8, 4) is 0 Å². The summed E-state index contributed by atoms with van der Waals surface area (Å²) in [7, 11) is -3.80.